The first-order valence-corrected chi connectivity index (χ1v) is 15.5. The molecule has 2 amide bonds. The Morgan fingerprint density at radius 3 is 2.00 bits per heavy atom. The van der Waals surface area contributed by atoms with Crippen molar-refractivity contribution in [3.63, 3.8) is 0 Å². The Morgan fingerprint density at radius 1 is 0.911 bits per heavy atom. The van der Waals surface area contributed by atoms with E-state index in [0.29, 0.717) is 17.9 Å². The molecule has 2 aliphatic heterocycles. The van der Waals surface area contributed by atoms with Gasteiger partial charge in [-0.3, -0.25) is 24.7 Å². The van der Waals surface area contributed by atoms with Gasteiger partial charge in [0.05, 0.1) is 28.3 Å². The number of likely N-dealkylation sites (N-methyl/N-ethyl adjacent to an activating group) is 1. The van der Waals surface area contributed by atoms with E-state index in [1.807, 2.05) is 13.8 Å². The third-order valence-electron chi connectivity index (χ3n) is 9.49. The Hall–Kier alpha value is -4.63. The molecule has 0 aromatic heterocycles. The second-order valence-corrected chi connectivity index (χ2v) is 12.1. The number of nitro benzene ring substituents is 1. The van der Waals surface area contributed by atoms with Crippen molar-refractivity contribution in [3.8, 4) is 0 Å². The van der Waals surface area contributed by atoms with Crippen molar-refractivity contribution in [2.75, 3.05) is 33.2 Å². The summed E-state index contributed by atoms with van der Waals surface area (Å²) >= 11 is 0. The molecule has 2 aliphatic rings. The van der Waals surface area contributed by atoms with Crippen molar-refractivity contribution in [3.05, 3.63) is 123 Å². The predicted octanol–water partition coefficient (Wildman–Crippen LogP) is 5.77. The predicted molar refractivity (Wildman–Crippen MR) is 176 cm³/mol. The van der Waals surface area contributed by atoms with Crippen LogP contribution in [-0.4, -0.2) is 77.4 Å². The molecular formula is C36H41N5O4. The highest BCUT2D eigenvalue weighted by Gasteiger charge is 2.39. The van der Waals surface area contributed by atoms with Crippen LogP contribution in [0.15, 0.2) is 101 Å². The number of rotatable bonds is 12. The van der Waals surface area contributed by atoms with Gasteiger partial charge in [-0.05, 0) is 69.4 Å². The first-order valence-electron chi connectivity index (χ1n) is 15.5. The lowest BCUT2D eigenvalue weighted by molar-refractivity contribution is -0.384. The number of nitrogens with zero attached hydrogens (tertiary/aromatic N) is 5. The van der Waals surface area contributed by atoms with E-state index in [9.17, 15) is 19.7 Å². The minimum absolute atomic E-state index is 0.0141. The van der Waals surface area contributed by atoms with Crippen LogP contribution in [0.4, 0.5) is 5.69 Å². The molecule has 5 rings (SSSR count). The summed E-state index contributed by atoms with van der Waals surface area (Å²) < 4.78 is 0. The van der Waals surface area contributed by atoms with E-state index in [4.69, 9.17) is 4.99 Å². The van der Waals surface area contributed by atoms with Crippen LogP contribution in [0.2, 0.25) is 0 Å². The monoisotopic (exact) mass is 607 g/mol. The molecule has 0 N–H and O–H groups in total. The smallest absolute Gasteiger partial charge is 0.269 e. The van der Waals surface area contributed by atoms with Crippen LogP contribution in [-0.2, 0) is 15.0 Å². The molecule has 1 saturated heterocycles. The van der Waals surface area contributed by atoms with E-state index in [1.54, 1.807) is 29.0 Å². The Kier molecular flexibility index (Phi) is 9.88. The van der Waals surface area contributed by atoms with Gasteiger partial charge in [-0.2, -0.15) is 0 Å². The van der Waals surface area contributed by atoms with Gasteiger partial charge in [0.1, 0.15) is 0 Å². The third kappa shape index (κ3) is 6.59. The maximum atomic E-state index is 12.6. The van der Waals surface area contributed by atoms with Crippen molar-refractivity contribution in [2.45, 2.75) is 50.5 Å². The van der Waals surface area contributed by atoms with Crippen molar-refractivity contribution in [1.29, 1.82) is 0 Å². The average Bonchev–Trinajstić information content (AvgIpc) is 3.07. The van der Waals surface area contributed by atoms with E-state index in [-0.39, 0.29) is 11.1 Å². The molecule has 0 saturated carbocycles. The number of allylic oxidation sites excluding steroid dienone is 1. The molecule has 3 aromatic rings. The summed E-state index contributed by atoms with van der Waals surface area (Å²) in [7, 11) is 1.69. The number of piperidine rings is 1. The van der Waals surface area contributed by atoms with Gasteiger partial charge in [0, 0.05) is 36.9 Å². The number of benzene rings is 3. The third-order valence-corrected chi connectivity index (χ3v) is 9.49. The van der Waals surface area contributed by atoms with Gasteiger partial charge >= 0.3 is 0 Å². The van der Waals surface area contributed by atoms with Gasteiger partial charge in [-0.15, -0.1) is 0 Å². The molecule has 0 bridgehead atoms. The highest BCUT2D eigenvalue weighted by molar-refractivity contribution is 5.92. The topological polar surface area (TPSA) is 99.4 Å². The van der Waals surface area contributed by atoms with Gasteiger partial charge in [-0.1, -0.05) is 72.8 Å². The van der Waals surface area contributed by atoms with Crippen LogP contribution in [0.3, 0.4) is 0 Å². The molecule has 0 spiro atoms. The highest BCUT2D eigenvalue weighted by atomic mass is 16.6. The molecule has 9 nitrogen and oxygen atoms in total. The lowest BCUT2D eigenvalue weighted by Gasteiger charge is -2.43. The average molecular weight is 608 g/mol. The zero-order valence-electron chi connectivity index (χ0n) is 26.2. The summed E-state index contributed by atoms with van der Waals surface area (Å²) in [5.41, 5.74) is 5.61. The van der Waals surface area contributed by atoms with Crippen LogP contribution in [0.5, 0.6) is 0 Å². The second kappa shape index (κ2) is 14.0. The lowest BCUT2D eigenvalue weighted by Crippen LogP contribution is -2.47. The van der Waals surface area contributed by atoms with E-state index >= 15 is 0 Å². The number of hydrogen-bond acceptors (Lipinski definition) is 6. The van der Waals surface area contributed by atoms with Gasteiger partial charge in [-0.25, -0.2) is 0 Å². The largest absolute Gasteiger partial charge is 0.339 e. The maximum Gasteiger partial charge on any atom is 0.269 e. The molecule has 3 aromatic carbocycles. The molecule has 9 heteroatoms. The van der Waals surface area contributed by atoms with Gasteiger partial charge in [0.25, 0.3) is 5.69 Å². The van der Waals surface area contributed by atoms with Crippen LogP contribution in [0.1, 0.15) is 55.7 Å². The molecular weight excluding hydrogens is 566 g/mol. The van der Waals surface area contributed by atoms with Crippen molar-refractivity contribution < 1.29 is 14.5 Å². The minimum atomic E-state index is -0.434. The van der Waals surface area contributed by atoms with Crippen molar-refractivity contribution in [2.24, 2.45) is 4.99 Å². The zero-order valence-corrected chi connectivity index (χ0v) is 26.2. The Morgan fingerprint density at radius 2 is 1.49 bits per heavy atom. The van der Waals surface area contributed by atoms with Crippen LogP contribution in [0, 0.1) is 10.1 Å². The molecule has 2 unspecified atom stereocenters. The van der Waals surface area contributed by atoms with Crippen molar-refractivity contribution >= 4 is 24.2 Å². The van der Waals surface area contributed by atoms with E-state index in [2.05, 4.69) is 65.6 Å². The maximum absolute atomic E-state index is 12.6. The molecule has 234 valence electrons. The summed E-state index contributed by atoms with van der Waals surface area (Å²) in [6.07, 6.45) is 4.39. The fraction of sp³-hybridized carbons (Fsp3) is 0.361. The standard InChI is InChI=1S/C36H41N5O4/c1-27-34(38(3)25-42)33(29-15-17-32(18-16-29)41(44)45)35(28(2)37-27)40(26-43)22-10-21-39-23-19-36(20-24-39,30-11-6-4-7-12-30)31-13-8-5-9-14-31/h4-9,11-18,25-26,33-34H,10,19-24H2,1-3H3. The fourth-order valence-electron chi connectivity index (χ4n) is 7.24. The number of non-ortho nitro benzene ring substituents is 1. The Labute approximate surface area is 265 Å². The van der Waals surface area contributed by atoms with Crippen LogP contribution >= 0.6 is 0 Å². The van der Waals surface area contributed by atoms with Crippen LogP contribution in [0.25, 0.3) is 0 Å². The number of amides is 2. The number of nitro groups is 1. The van der Waals surface area contributed by atoms with Gasteiger partial charge in [0.15, 0.2) is 0 Å². The molecule has 2 heterocycles. The SMILES string of the molecule is CC1=NC(C)=C(N(C=O)CCCN2CCC(c3ccccc3)(c3ccccc3)CC2)C(c2ccc([N+](=O)[O-])cc2)C1N(C)C=O. The van der Waals surface area contributed by atoms with Crippen molar-refractivity contribution in [1.82, 2.24) is 14.7 Å². The first kappa shape index (κ1) is 31.8. The minimum Gasteiger partial charge on any atom is -0.339 e. The van der Waals surface area contributed by atoms with Gasteiger partial charge in [0.2, 0.25) is 12.8 Å². The second-order valence-electron chi connectivity index (χ2n) is 12.1. The fourth-order valence-corrected chi connectivity index (χ4v) is 7.24. The van der Waals surface area contributed by atoms with Gasteiger partial charge < -0.3 is 14.7 Å². The van der Waals surface area contributed by atoms with E-state index < -0.39 is 16.9 Å². The summed E-state index contributed by atoms with van der Waals surface area (Å²) in [5, 5.41) is 11.3. The number of carbonyl (C=O) groups excluding carboxylic acids is 2. The summed E-state index contributed by atoms with van der Waals surface area (Å²) in [6.45, 7) is 6.99. The molecule has 0 radical (unpaired) electrons. The van der Waals surface area contributed by atoms with E-state index in [0.717, 1.165) is 63.0 Å². The number of likely N-dealkylation sites (tertiary alicyclic amines) is 1. The zero-order chi connectivity index (χ0) is 32.0. The highest BCUT2D eigenvalue weighted by Crippen LogP contribution is 2.42. The Balaban J connectivity index is 1.32. The molecule has 1 fully saturated rings. The molecule has 2 atom stereocenters. The van der Waals surface area contributed by atoms with E-state index in [1.165, 1.54) is 23.3 Å². The summed E-state index contributed by atoms with van der Waals surface area (Å²) in [4.78, 5) is 46.0. The molecule has 45 heavy (non-hydrogen) atoms. The summed E-state index contributed by atoms with van der Waals surface area (Å²) in [6, 6.07) is 27.5. The number of carbonyl (C=O) groups is 2. The number of aliphatic imine (C=N–C) groups is 1. The first-order chi connectivity index (χ1) is 21.8. The number of hydrogen-bond donors (Lipinski definition) is 0. The lowest BCUT2D eigenvalue weighted by atomic mass is 9.68. The normalized spacial score (nSPS) is 19.8. The Bertz CT molecular complexity index is 1510. The molecule has 0 aliphatic carbocycles. The van der Waals surface area contributed by atoms with Crippen LogP contribution < -0.4 is 0 Å². The quantitative estimate of drug-likeness (QED) is 0.148. The summed E-state index contributed by atoms with van der Waals surface area (Å²) in [5.74, 6) is -0.406.